The van der Waals surface area contributed by atoms with Crippen molar-refractivity contribution in [1.29, 1.82) is 0 Å². The van der Waals surface area contributed by atoms with E-state index in [2.05, 4.69) is 0 Å². The Morgan fingerprint density at radius 2 is 1.83 bits per heavy atom. The first kappa shape index (κ1) is 15.1. The second kappa shape index (κ2) is 9.03. The van der Waals surface area contributed by atoms with E-state index in [0.29, 0.717) is 43.8 Å². The van der Waals surface area contributed by atoms with Gasteiger partial charge in [-0.2, -0.15) is 0 Å². The molecular formula is C13H19ClO4. The van der Waals surface area contributed by atoms with E-state index in [-0.39, 0.29) is 0 Å². The highest BCUT2D eigenvalue weighted by Crippen LogP contribution is 2.31. The molecule has 0 radical (unpaired) electrons. The molecule has 0 aliphatic heterocycles. The van der Waals surface area contributed by atoms with Crippen LogP contribution >= 0.6 is 11.6 Å². The van der Waals surface area contributed by atoms with E-state index in [1.165, 1.54) is 0 Å². The molecule has 0 aliphatic rings. The molecule has 0 amide bonds. The molecule has 0 atom stereocenters. The normalized spacial score (nSPS) is 10.4. The lowest BCUT2D eigenvalue weighted by molar-refractivity contribution is 0.0538. The lowest BCUT2D eigenvalue weighted by Gasteiger charge is -2.13. The van der Waals surface area contributed by atoms with Gasteiger partial charge in [-0.05, 0) is 6.07 Å². The number of hydrogen-bond donors (Lipinski definition) is 0. The van der Waals surface area contributed by atoms with E-state index >= 15 is 0 Å². The van der Waals surface area contributed by atoms with Crippen LogP contribution in [0.1, 0.15) is 5.56 Å². The predicted molar refractivity (Wildman–Crippen MR) is 70.7 cm³/mol. The van der Waals surface area contributed by atoms with E-state index in [1.807, 2.05) is 18.2 Å². The summed E-state index contributed by atoms with van der Waals surface area (Å²) in [6, 6.07) is 5.65. The Morgan fingerprint density at radius 3 is 2.50 bits per heavy atom. The van der Waals surface area contributed by atoms with Crippen LogP contribution in [0.3, 0.4) is 0 Å². The van der Waals surface area contributed by atoms with Gasteiger partial charge in [0.1, 0.15) is 6.61 Å². The Hall–Kier alpha value is -0.970. The fraction of sp³-hybridized carbons (Fsp3) is 0.538. The molecule has 0 fully saturated rings. The highest BCUT2D eigenvalue weighted by molar-refractivity contribution is 6.17. The van der Waals surface area contributed by atoms with Crippen LogP contribution < -0.4 is 9.47 Å². The monoisotopic (exact) mass is 274 g/mol. The largest absolute Gasteiger partial charge is 0.493 e. The molecule has 0 saturated heterocycles. The van der Waals surface area contributed by atoms with Crippen molar-refractivity contribution in [3.8, 4) is 11.5 Å². The van der Waals surface area contributed by atoms with E-state index in [4.69, 9.17) is 30.5 Å². The van der Waals surface area contributed by atoms with Gasteiger partial charge in [-0.25, -0.2) is 0 Å². The van der Waals surface area contributed by atoms with Gasteiger partial charge in [0.05, 0.1) is 32.8 Å². The van der Waals surface area contributed by atoms with E-state index in [9.17, 15) is 0 Å². The minimum Gasteiger partial charge on any atom is -0.493 e. The highest BCUT2D eigenvalue weighted by atomic mass is 35.5. The Labute approximate surface area is 113 Å². The van der Waals surface area contributed by atoms with Gasteiger partial charge in [-0.1, -0.05) is 12.1 Å². The van der Waals surface area contributed by atoms with Crippen molar-refractivity contribution in [3.05, 3.63) is 23.8 Å². The van der Waals surface area contributed by atoms with E-state index in [0.717, 1.165) is 5.56 Å². The summed E-state index contributed by atoms with van der Waals surface area (Å²) in [5, 5.41) is 0. The van der Waals surface area contributed by atoms with Crippen LogP contribution in [-0.2, 0) is 15.4 Å². The van der Waals surface area contributed by atoms with Crippen LogP contribution in [0.4, 0.5) is 0 Å². The maximum atomic E-state index is 5.86. The molecule has 0 saturated carbocycles. The molecule has 1 aromatic carbocycles. The quantitative estimate of drug-likeness (QED) is 0.512. The van der Waals surface area contributed by atoms with E-state index in [1.54, 1.807) is 14.2 Å². The van der Waals surface area contributed by atoms with E-state index < -0.39 is 0 Å². The fourth-order valence-corrected chi connectivity index (χ4v) is 1.65. The average Bonchev–Trinajstić information content (AvgIpc) is 2.42. The van der Waals surface area contributed by atoms with Gasteiger partial charge in [-0.15, -0.1) is 11.6 Å². The van der Waals surface area contributed by atoms with Gasteiger partial charge in [0.2, 0.25) is 0 Å². The van der Waals surface area contributed by atoms with Crippen LogP contribution in [0, 0.1) is 0 Å². The Bertz CT molecular complexity index is 322. The average molecular weight is 275 g/mol. The number of methoxy groups -OCH3 is 2. The summed E-state index contributed by atoms with van der Waals surface area (Å²) in [4.78, 5) is 0. The summed E-state index contributed by atoms with van der Waals surface area (Å²) in [5.74, 6) is 1.76. The van der Waals surface area contributed by atoms with Crippen LogP contribution in [0.15, 0.2) is 18.2 Å². The van der Waals surface area contributed by atoms with Crippen molar-refractivity contribution in [3.63, 3.8) is 0 Å². The molecule has 1 rings (SSSR count). The first-order valence-corrected chi connectivity index (χ1v) is 6.28. The number of benzene rings is 1. The maximum absolute atomic E-state index is 5.86. The second-order valence-electron chi connectivity index (χ2n) is 3.54. The summed E-state index contributed by atoms with van der Waals surface area (Å²) in [6.07, 6.45) is 0. The summed E-state index contributed by atoms with van der Waals surface area (Å²) in [5.41, 5.74) is 0.910. The molecular weight excluding hydrogens is 256 g/mol. The summed E-state index contributed by atoms with van der Waals surface area (Å²) in [7, 11) is 3.25. The molecule has 0 unspecified atom stereocenters. The summed E-state index contributed by atoms with van der Waals surface area (Å²) >= 11 is 5.86. The Balaban J connectivity index is 2.45. The molecule has 0 N–H and O–H groups in total. The predicted octanol–water partition coefficient (Wildman–Crippen LogP) is 2.48. The van der Waals surface area contributed by atoms with Crippen LogP contribution in [0.25, 0.3) is 0 Å². The number of hydrogen-bond acceptors (Lipinski definition) is 4. The van der Waals surface area contributed by atoms with Crippen molar-refractivity contribution in [2.75, 3.05) is 40.6 Å². The van der Waals surface area contributed by atoms with Crippen LogP contribution in [0.5, 0.6) is 11.5 Å². The molecule has 5 heteroatoms. The van der Waals surface area contributed by atoms with Gasteiger partial charge in [-0.3, -0.25) is 0 Å². The topological polar surface area (TPSA) is 36.9 Å². The first-order chi connectivity index (χ1) is 8.83. The lowest BCUT2D eigenvalue weighted by Crippen LogP contribution is -2.11. The summed E-state index contributed by atoms with van der Waals surface area (Å²) < 4.78 is 21.1. The molecule has 0 spiro atoms. The van der Waals surface area contributed by atoms with Gasteiger partial charge < -0.3 is 18.9 Å². The number of ether oxygens (including phenoxy) is 4. The molecule has 0 heterocycles. The fourth-order valence-electron chi connectivity index (χ4n) is 1.44. The Morgan fingerprint density at radius 1 is 1.06 bits per heavy atom. The molecule has 4 nitrogen and oxygen atoms in total. The molecule has 1 aromatic rings. The second-order valence-corrected chi connectivity index (χ2v) is 3.80. The maximum Gasteiger partial charge on any atom is 0.165 e. The van der Waals surface area contributed by atoms with Crippen LogP contribution in [0.2, 0.25) is 0 Å². The van der Waals surface area contributed by atoms with Gasteiger partial charge in [0.25, 0.3) is 0 Å². The minimum atomic E-state index is 0.386. The van der Waals surface area contributed by atoms with Crippen molar-refractivity contribution < 1.29 is 18.9 Å². The molecule has 102 valence electrons. The van der Waals surface area contributed by atoms with Crippen LogP contribution in [-0.4, -0.2) is 40.6 Å². The third kappa shape index (κ3) is 4.72. The van der Waals surface area contributed by atoms with Gasteiger partial charge in [0.15, 0.2) is 11.5 Å². The first-order valence-electron chi connectivity index (χ1n) is 5.74. The lowest BCUT2D eigenvalue weighted by atomic mass is 10.2. The number of alkyl halides is 1. The number of halogens is 1. The zero-order valence-corrected chi connectivity index (χ0v) is 11.5. The van der Waals surface area contributed by atoms with Crippen molar-refractivity contribution in [2.24, 2.45) is 0 Å². The molecule has 18 heavy (non-hydrogen) atoms. The standard InChI is InChI=1S/C13H19ClO4/c1-15-6-7-17-8-9-18-13-11(10-14)4-3-5-12(13)16-2/h3-5H,6-10H2,1-2H3. The van der Waals surface area contributed by atoms with Crippen molar-refractivity contribution in [2.45, 2.75) is 5.88 Å². The number of para-hydroxylation sites is 1. The zero-order chi connectivity index (χ0) is 13.2. The Kier molecular flexibility index (Phi) is 7.57. The third-order valence-electron chi connectivity index (χ3n) is 2.33. The molecule has 0 aliphatic carbocycles. The SMILES string of the molecule is COCCOCCOc1c(CCl)cccc1OC. The zero-order valence-electron chi connectivity index (χ0n) is 10.8. The highest BCUT2D eigenvalue weighted by Gasteiger charge is 2.09. The third-order valence-corrected chi connectivity index (χ3v) is 2.62. The van der Waals surface area contributed by atoms with Gasteiger partial charge in [0, 0.05) is 12.7 Å². The smallest absolute Gasteiger partial charge is 0.165 e. The van der Waals surface area contributed by atoms with Crippen molar-refractivity contribution >= 4 is 11.6 Å². The molecule has 0 bridgehead atoms. The minimum absolute atomic E-state index is 0.386. The van der Waals surface area contributed by atoms with Gasteiger partial charge >= 0.3 is 0 Å². The summed E-state index contributed by atoms with van der Waals surface area (Å²) in [6.45, 7) is 2.10. The number of rotatable bonds is 9. The van der Waals surface area contributed by atoms with Crippen molar-refractivity contribution in [1.82, 2.24) is 0 Å². The molecule has 0 aromatic heterocycles.